The Hall–Kier alpha value is -1.50. The highest BCUT2D eigenvalue weighted by molar-refractivity contribution is 5.85. The third-order valence-corrected chi connectivity index (χ3v) is 5.71. The van der Waals surface area contributed by atoms with Gasteiger partial charge in [-0.2, -0.15) is 13.2 Å². The summed E-state index contributed by atoms with van der Waals surface area (Å²) < 4.78 is 69.9. The summed E-state index contributed by atoms with van der Waals surface area (Å²) in [5.41, 5.74) is -0.348. The fourth-order valence-corrected chi connectivity index (χ4v) is 3.55. The van der Waals surface area contributed by atoms with E-state index in [2.05, 4.69) is 5.32 Å². The highest BCUT2D eigenvalue weighted by Gasteiger charge is 2.48. The molecule has 1 N–H and O–H groups in total. The van der Waals surface area contributed by atoms with Gasteiger partial charge in [-0.1, -0.05) is 37.3 Å². The van der Waals surface area contributed by atoms with Crippen LogP contribution in [0.15, 0.2) is 30.3 Å². The summed E-state index contributed by atoms with van der Waals surface area (Å²) in [7, 11) is 0. The predicted octanol–water partition coefficient (Wildman–Crippen LogP) is 5.83. The van der Waals surface area contributed by atoms with Crippen molar-refractivity contribution >= 4 is 5.78 Å². The van der Waals surface area contributed by atoms with Crippen molar-refractivity contribution in [1.82, 2.24) is 5.32 Å². The van der Waals surface area contributed by atoms with Gasteiger partial charge in [0.05, 0.1) is 6.04 Å². The smallest absolute Gasteiger partial charge is 0.298 e. The third-order valence-electron chi connectivity index (χ3n) is 5.71. The molecule has 0 aromatic heterocycles. The Labute approximate surface area is 161 Å². The number of ketones is 1. The average molecular weight is 403 g/mol. The number of carbonyl (C=O) groups excluding carboxylic acids is 1. The van der Waals surface area contributed by atoms with E-state index in [0.29, 0.717) is 0 Å². The van der Waals surface area contributed by atoms with Crippen molar-refractivity contribution in [2.75, 3.05) is 0 Å². The van der Waals surface area contributed by atoms with Gasteiger partial charge in [-0.05, 0) is 42.6 Å². The SMILES string of the molecule is CC1(CC(=O)[C@H](CC(F)(F)CC2CC2)N[C@@H](c2ccccc2)C(F)(F)F)CC1. The lowest BCUT2D eigenvalue weighted by Crippen LogP contribution is -2.47. The number of nitrogens with one attached hydrogen (secondary N) is 1. The minimum atomic E-state index is -4.70. The van der Waals surface area contributed by atoms with E-state index in [1.54, 1.807) is 6.07 Å². The maximum absolute atomic E-state index is 14.4. The molecule has 0 bridgehead atoms. The van der Waals surface area contributed by atoms with Crippen molar-refractivity contribution in [2.45, 2.75) is 76.1 Å². The van der Waals surface area contributed by atoms with Crippen LogP contribution in [0.1, 0.15) is 63.5 Å². The summed E-state index contributed by atoms with van der Waals surface area (Å²) in [5, 5.41) is 2.26. The number of hydrogen-bond acceptors (Lipinski definition) is 2. The molecule has 3 rings (SSSR count). The van der Waals surface area contributed by atoms with Crippen molar-refractivity contribution in [3.8, 4) is 0 Å². The van der Waals surface area contributed by atoms with Crippen molar-refractivity contribution < 1.29 is 26.7 Å². The molecule has 1 aromatic rings. The Morgan fingerprint density at radius 2 is 1.75 bits per heavy atom. The van der Waals surface area contributed by atoms with Crippen molar-refractivity contribution in [1.29, 1.82) is 0 Å². The lowest BCUT2D eigenvalue weighted by atomic mass is 9.92. The number of carbonyl (C=O) groups is 1. The van der Waals surface area contributed by atoms with E-state index in [9.17, 15) is 26.7 Å². The number of alkyl halides is 5. The van der Waals surface area contributed by atoms with Gasteiger partial charge in [0.15, 0.2) is 5.78 Å². The molecule has 28 heavy (non-hydrogen) atoms. The summed E-state index contributed by atoms with van der Waals surface area (Å²) in [5.74, 6) is -3.80. The maximum atomic E-state index is 14.4. The second kappa shape index (κ2) is 7.73. The lowest BCUT2D eigenvalue weighted by Gasteiger charge is -2.30. The van der Waals surface area contributed by atoms with E-state index in [1.807, 2.05) is 6.92 Å². The van der Waals surface area contributed by atoms with Crippen LogP contribution in [0, 0.1) is 11.3 Å². The number of benzene rings is 1. The molecule has 0 saturated heterocycles. The van der Waals surface area contributed by atoms with E-state index in [1.165, 1.54) is 24.3 Å². The van der Waals surface area contributed by atoms with Gasteiger partial charge in [0.2, 0.25) is 5.92 Å². The van der Waals surface area contributed by atoms with Gasteiger partial charge in [0.25, 0.3) is 0 Å². The number of rotatable bonds is 10. The molecule has 0 amide bonds. The molecular formula is C21H26F5NO. The van der Waals surface area contributed by atoms with Crippen molar-refractivity contribution in [3.63, 3.8) is 0 Å². The standard InChI is InChI=1S/C21H26F5NO/c1-19(9-10-19)13-17(28)16(12-20(22,23)11-14-7-8-14)27-18(21(24,25)26)15-5-3-2-4-6-15/h2-6,14,16,18,27H,7-13H2,1H3/t16-,18-/m0/s1. The number of hydrogen-bond donors (Lipinski definition) is 1. The van der Waals surface area contributed by atoms with Gasteiger partial charge in [0, 0.05) is 19.3 Å². The molecule has 2 aliphatic carbocycles. The van der Waals surface area contributed by atoms with Crippen LogP contribution in [-0.2, 0) is 4.79 Å². The van der Waals surface area contributed by atoms with Crippen LogP contribution in [0.25, 0.3) is 0 Å². The van der Waals surface area contributed by atoms with Gasteiger partial charge < -0.3 is 0 Å². The van der Waals surface area contributed by atoms with Crippen LogP contribution < -0.4 is 5.32 Å². The summed E-state index contributed by atoms with van der Waals surface area (Å²) in [6.07, 6.45) is -2.89. The van der Waals surface area contributed by atoms with E-state index in [-0.39, 0.29) is 29.7 Å². The van der Waals surface area contributed by atoms with Crippen LogP contribution in [0.4, 0.5) is 22.0 Å². The second-order valence-electron chi connectivity index (χ2n) is 8.77. The molecule has 2 nitrogen and oxygen atoms in total. The molecule has 1 aromatic carbocycles. The summed E-state index contributed by atoms with van der Waals surface area (Å²) in [4.78, 5) is 12.7. The zero-order chi connectivity index (χ0) is 20.6. The fraction of sp³-hybridized carbons (Fsp3) is 0.667. The molecule has 0 radical (unpaired) electrons. The minimum Gasteiger partial charge on any atom is -0.298 e. The Balaban J connectivity index is 1.80. The first-order chi connectivity index (χ1) is 13.0. The highest BCUT2D eigenvalue weighted by Crippen LogP contribution is 2.49. The van der Waals surface area contributed by atoms with E-state index in [4.69, 9.17) is 0 Å². The summed E-state index contributed by atoms with van der Waals surface area (Å²) in [6.45, 7) is 1.86. The Morgan fingerprint density at radius 1 is 1.14 bits per heavy atom. The molecule has 0 spiro atoms. The van der Waals surface area contributed by atoms with Crippen molar-refractivity contribution in [2.24, 2.45) is 11.3 Å². The quantitative estimate of drug-likeness (QED) is 0.498. The molecule has 2 fully saturated rings. The Bertz CT molecular complexity index is 680. The highest BCUT2D eigenvalue weighted by atomic mass is 19.4. The van der Waals surface area contributed by atoms with E-state index in [0.717, 1.165) is 25.7 Å². The van der Waals surface area contributed by atoms with Crippen LogP contribution in [-0.4, -0.2) is 23.9 Å². The molecule has 0 aliphatic heterocycles. The molecule has 0 heterocycles. The van der Waals surface area contributed by atoms with Crippen molar-refractivity contribution in [3.05, 3.63) is 35.9 Å². The maximum Gasteiger partial charge on any atom is 0.407 e. The Morgan fingerprint density at radius 3 is 2.25 bits per heavy atom. The van der Waals surface area contributed by atoms with Gasteiger partial charge in [0.1, 0.15) is 6.04 Å². The number of halogens is 5. The average Bonchev–Trinajstić information content (AvgIpc) is 3.50. The minimum absolute atomic E-state index is 0.0313. The van der Waals surface area contributed by atoms with E-state index < -0.39 is 36.4 Å². The van der Waals surface area contributed by atoms with Gasteiger partial charge in [-0.15, -0.1) is 0 Å². The first-order valence-corrected chi connectivity index (χ1v) is 9.76. The molecule has 2 saturated carbocycles. The largest absolute Gasteiger partial charge is 0.407 e. The second-order valence-corrected chi connectivity index (χ2v) is 8.77. The first kappa shape index (κ1) is 21.2. The topological polar surface area (TPSA) is 29.1 Å². The molecular weight excluding hydrogens is 377 g/mol. The number of Topliss-reactive ketones (excluding diaryl/α,β-unsaturated/α-hetero) is 1. The van der Waals surface area contributed by atoms with Crippen LogP contribution in [0.3, 0.4) is 0 Å². The van der Waals surface area contributed by atoms with E-state index >= 15 is 0 Å². The normalized spacial score (nSPS) is 21.2. The van der Waals surface area contributed by atoms with Crippen LogP contribution in [0.2, 0.25) is 0 Å². The zero-order valence-corrected chi connectivity index (χ0v) is 15.9. The molecule has 2 atom stereocenters. The third kappa shape index (κ3) is 6.00. The Kier molecular flexibility index (Phi) is 5.86. The first-order valence-electron chi connectivity index (χ1n) is 9.76. The molecule has 0 unspecified atom stereocenters. The van der Waals surface area contributed by atoms with Gasteiger partial charge in [-0.3, -0.25) is 10.1 Å². The predicted molar refractivity (Wildman–Crippen MR) is 96.0 cm³/mol. The van der Waals surface area contributed by atoms with Gasteiger partial charge >= 0.3 is 6.18 Å². The van der Waals surface area contributed by atoms with Gasteiger partial charge in [-0.25, -0.2) is 8.78 Å². The monoisotopic (exact) mass is 403 g/mol. The summed E-state index contributed by atoms with van der Waals surface area (Å²) in [6, 6.07) is 3.38. The molecule has 7 heteroatoms. The molecule has 2 aliphatic rings. The fourth-order valence-electron chi connectivity index (χ4n) is 3.55. The van der Waals surface area contributed by atoms with Crippen LogP contribution >= 0.6 is 0 Å². The lowest BCUT2D eigenvalue weighted by molar-refractivity contribution is -0.163. The summed E-state index contributed by atoms with van der Waals surface area (Å²) >= 11 is 0. The van der Waals surface area contributed by atoms with Crippen LogP contribution in [0.5, 0.6) is 0 Å². The zero-order valence-electron chi connectivity index (χ0n) is 15.9. The molecule has 156 valence electrons.